The molecule has 106 valence electrons. The SMILES string of the molecule is CCC(CC)NC(=O)C(C)NCCC1CCOC1. The molecule has 2 atom stereocenters. The van der Waals surface area contributed by atoms with Gasteiger partial charge in [-0.05, 0) is 45.1 Å². The van der Waals surface area contributed by atoms with E-state index >= 15 is 0 Å². The Morgan fingerprint density at radius 2 is 2.11 bits per heavy atom. The van der Waals surface area contributed by atoms with Gasteiger partial charge in [-0.15, -0.1) is 0 Å². The first-order chi connectivity index (χ1) is 8.67. The first-order valence-corrected chi connectivity index (χ1v) is 7.28. The highest BCUT2D eigenvalue weighted by Crippen LogP contribution is 2.15. The first-order valence-electron chi connectivity index (χ1n) is 7.28. The van der Waals surface area contributed by atoms with Crippen LogP contribution in [0.15, 0.2) is 0 Å². The van der Waals surface area contributed by atoms with E-state index in [1.165, 1.54) is 0 Å². The summed E-state index contributed by atoms with van der Waals surface area (Å²) in [5, 5.41) is 6.36. The minimum absolute atomic E-state index is 0.104. The average molecular weight is 256 g/mol. The third-order valence-electron chi connectivity index (χ3n) is 3.75. The number of ether oxygens (including phenoxy) is 1. The number of carbonyl (C=O) groups excluding carboxylic acids is 1. The zero-order valence-corrected chi connectivity index (χ0v) is 12.0. The van der Waals surface area contributed by atoms with Gasteiger partial charge < -0.3 is 15.4 Å². The molecule has 0 radical (unpaired) electrons. The molecule has 0 bridgehead atoms. The summed E-state index contributed by atoms with van der Waals surface area (Å²) in [7, 11) is 0. The number of amides is 1. The van der Waals surface area contributed by atoms with Crippen molar-refractivity contribution in [2.45, 2.75) is 58.5 Å². The third kappa shape index (κ3) is 5.36. The Bertz CT molecular complexity index is 236. The normalized spacial score (nSPS) is 21.2. The molecule has 1 aliphatic heterocycles. The monoisotopic (exact) mass is 256 g/mol. The lowest BCUT2D eigenvalue weighted by atomic mass is 10.1. The number of hydrogen-bond acceptors (Lipinski definition) is 3. The van der Waals surface area contributed by atoms with E-state index < -0.39 is 0 Å². The molecule has 1 amide bonds. The molecule has 0 aromatic heterocycles. The van der Waals surface area contributed by atoms with Gasteiger partial charge in [0, 0.05) is 19.3 Å². The van der Waals surface area contributed by atoms with Gasteiger partial charge in [0.25, 0.3) is 0 Å². The van der Waals surface area contributed by atoms with Crippen molar-refractivity contribution in [1.29, 1.82) is 0 Å². The Morgan fingerprint density at radius 3 is 2.67 bits per heavy atom. The second-order valence-corrected chi connectivity index (χ2v) is 5.22. The predicted octanol–water partition coefficient (Wildman–Crippen LogP) is 1.70. The number of carbonyl (C=O) groups is 1. The molecular formula is C14H28N2O2. The van der Waals surface area contributed by atoms with Gasteiger partial charge in [-0.25, -0.2) is 0 Å². The van der Waals surface area contributed by atoms with Gasteiger partial charge in [0.15, 0.2) is 0 Å². The second-order valence-electron chi connectivity index (χ2n) is 5.22. The van der Waals surface area contributed by atoms with Crippen LogP contribution in [0.4, 0.5) is 0 Å². The Kier molecular flexibility index (Phi) is 7.28. The lowest BCUT2D eigenvalue weighted by Crippen LogP contribution is -2.46. The molecule has 1 saturated heterocycles. The molecule has 2 unspecified atom stereocenters. The maximum Gasteiger partial charge on any atom is 0.237 e. The van der Waals surface area contributed by atoms with Crippen LogP contribution >= 0.6 is 0 Å². The fraction of sp³-hybridized carbons (Fsp3) is 0.929. The Hall–Kier alpha value is -0.610. The molecule has 0 aliphatic carbocycles. The summed E-state index contributed by atoms with van der Waals surface area (Å²) in [6.45, 7) is 8.82. The number of rotatable bonds is 8. The molecule has 1 fully saturated rings. The summed E-state index contributed by atoms with van der Waals surface area (Å²) in [6, 6.07) is 0.206. The van der Waals surface area contributed by atoms with E-state index in [4.69, 9.17) is 4.74 Å². The van der Waals surface area contributed by atoms with Crippen LogP contribution in [0, 0.1) is 5.92 Å². The van der Waals surface area contributed by atoms with Crippen LogP contribution in [0.3, 0.4) is 0 Å². The van der Waals surface area contributed by atoms with Crippen molar-refractivity contribution in [3.63, 3.8) is 0 Å². The molecule has 1 heterocycles. The van der Waals surface area contributed by atoms with E-state index in [0.29, 0.717) is 12.0 Å². The summed E-state index contributed by atoms with van der Waals surface area (Å²) >= 11 is 0. The minimum atomic E-state index is -0.104. The summed E-state index contributed by atoms with van der Waals surface area (Å²) in [5.41, 5.74) is 0. The summed E-state index contributed by atoms with van der Waals surface area (Å²) < 4.78 is 5.34. The highest BCUT2D eigenvalue weighted by molar-refractivity contribution is 5.81. The Labute approximate surface area is 111 Å². The standard InChI is InChI=1S/C14H28N2O2/c1-4-13(5-2)16-14(17)11(3)15-8-6-12-7-9-18-10-12/h11-13,15H,4-10H2,1-3H3,(H,16,17). The zero-order chi connectivity index (χ0) is 13.4. The summed E-state index contributed by atoms with van der Waals surface area (Å²) in [4.78, 5) is 11.9. The third-order valence-corrected chi connectivity index (χ3v) is 3.75. The van der Waals surface area contributed by atoms with E-state index in [9.17, 15) is 4.79 Å². The van der Waals surface area contributed by atoms with E-state index in [1.54, 1.807) is 0 Å². The van der Waals surface area contributed by atoms with Gasteiger partial charge >= 0.3 is 0 Å². The predicted molar refractivity (Wildman–Crippen MR) is 73.5 cm³/mol. The molecule has 1 aliphatic rings. The lowest BCUT2D eigenvalue weighted by Gasteiger charge is -2.19. The van der Waals surface area contributed by atoms with Crippen molar-refractivity contribution in [1.82, 2.24) is 10.6 Å². The van der Waals surface area contributed by atoms with Crippen molar-refractivity contribution < 1.29 is 9.53 Å². The van der Waals surface area contributed by atoms with Gasteiger partial charge in [0.1, 0.15) is 0 Å². The van der Waals surface area contributed by atoms with Gasteiger partial charge in [0.05, 0.1) is 6.04 Å². The molecule has 2 N–H and O–H groups in total. The molecule has 0 aromatic carbocycles. The van der Waals surface area contributed by atoms with E-state index in [2.05, 4.69) is 24.5 Å². The molecule has 4 heteroatoms. The molecule has 18 heavy (non-hydrogen) atoms. The number of nitrogens with one attached hydrogen (secondary N) is 2. The van der Waals surface area contributed by atoms with Crippen molar-refractivity contribution in [3.8, 4) is 0 Å². The van der Waals surface area contributed by atoms with Gasteiger partial charge in [0.2, 0.25) is 5.91 Å². The maximum absolute atomic E-state index is 11.9. The summed E-state index contributed by atoms with van der Waals surface area (Å²) in [5.74, 6) is 0.790. The highest BCUT2D eigenvalue weighted by Gasteiger charge is 2.18. The average Bonchev–Trinajstić information content (AvgIpc) is 2.88. The van der Waals surface area contributed by atoms with Crippen molar-refractivity contribution in [2.75, 3.05) is 19.8 Å². The van der Waals surface area contributed by atoms with E-state index in [1.807, 2.05) is 6.92 Å². The molecule has 4 nitrogen and oxygen atoms in total. The van der Waals surface area contributed by atoms with E-state index in [0.717, 1.165) is 45.4 Å². The van der Waals surface area contributed by atoms with Crippen molar-refractivity contribution in [3.05, 3.63) is 0 Å². The molecule has 0 saturated carbocycles. The van der Waals surface area contributed by atoms with Crippen LogP contribution in [-0.4, -0.2) is 37.7 Å². The van der Waals surface area contributed by atoms with Gasteiger partial charge in [-0.2, -0.15) is 0 Å². The zero-order valence-electron chi connectivity index (χ0n) is 12.0. The van der Waals surface area contributed by atoms with Crippen LogP contribution < -0.4 is 10.6 Å². The topological polar surface area (TPSA) is 50.4 Å². The maximum atomic E-state index is 11.9. The number of hydrogen-bond donors (Lipinski definition) is 2. The molecule has 0 aromatic rings. The van der Waals surface area contributed by atoms with Crippen molar-refractivity contribution >= 4 is 5.91 Å². The lowest BCUT2D eigenvalue weighted by molar-refractivity contribution is -0.123. The summed E-state index contributed by atoms with van der Waals surface area (Å²) in [6.07, 6.45) is 4.25. The van der Waals surface area contributed by atoms with Gasteiger partial charge in [-0.1, -0.05) is 13.8 Å². The highest BCUT2D eigenvalue weighted by atomic mass is 16.5. The van der Waals surface area contributed by atoms with Crippen LogP contribution in [0.2, 0.25) is 0 Å². The fourth-order valence-electron chi connectivity index (χ4n) is 2.23. The Morgan fingerprint density at radius 1 is 1.39 bits per heavy atom. The molecule has 0 spiro atoms. The largest absolute Gasteiger partial charge is 0.381 e. The first kappa shape index (κ1) is 15.4. The quantitative estimate of drug-likeness (QED) is 0.695. The Balaban J connectivity index is 2.14. The van der Waals surface area contributed by atoms with Crippen molar-refractivity contribution in [2.24, 2.45) is 5.92 Å². The van der Waals surface area contributed by atoms with E-state index in [-0.39, 0.29) is 11.9 Å². The minimum Gasteiger partial charge on any atom is -0.381 e. The molecule has 1 rings (SSSR count). The van der Waals surface area contributed by atoms with Crippen LogP contribution in [0.1, 0.15) is 46.5 Å². The fourth-order valence-corrected chi connectivity index (χ4v) is 2.23. The van der Waals surface area contributed by atoms with Crippen LogP contribution in [0.25, 0.3) is 0 Å². The molecular weight excluding hydrogens is 228 g/mol. The van der Waals surface area contributed by atoms with Gasteiger partial charge in [-0.3, -0.25) is 4.79 Å². The second kappa shape index (κ2) is 8.48. The van der Waals surface area contributed by atoms with Crippen LogP contribution in [0.5, 0.6) is 0 Å². The smallest absolute Gasteiger partial charge is 0.237 e. The van der Waals surface area contributed by atoms with Crippen LogP contribution in [-0.2, 0) is 9.53 Å².